The first-order valence-electron chi connectivity index (χ1n) is 7.38. The van der Waals surface area contributed by atoms with Crippen LogP contribution in [0.4, 0.5) is 0 Å². The molecule has 0 radical (unpaired) electrons. The van der Waals surface area contributed by atoms with E-state index in [9.17, 15) is 0 Å². The molecule has 0 spiro atoms. The zero-order valence-corrected chi connectivity index (χ0v) is 12.6. The van der Waals surface area contributed by atoms with Crippen molar-refractivity contribution in [2.75, 3.05) is 13.2 Å². The fourth-order valence-electron chi connectivity index (χ4n) is 1.86. The van der Waals surface area contributed by atoms with Crippen molar-refractivity contribution in [3.63, 3.8) is 0 Å². The van der Waals surface area contributed by atoms with Gasteiger partial charge < -0.3 is 14.8 Å². The second-order valence-corrected chi connectivity index (χ2v) is 4.68. The summed E-state index contributed by atoms with van der Waals surface area (Å²) in [5, 5.41) is 3.29. The number of hydrogen-bond donors (Lipinski definition) is 1. The lowest BCUT2D eigenvalue weighted by atomic mass is 10.2. The Kier molecular flexibility index (Phi) is 6.03. The number of benzene rings is 1. The molecule has 1 N–H and O–H groups in total. The van der Waals surface area contributed by atoms with Gasteiger partial charge in [-0.05, 0) is 36.7 Å². The van der Waals surface area contributed by atoms with Gasteiger partial charge in [0.2, 0.25) is 5.88 Å². The molecule has 1 heterocycles. The topological polar surface area (TPSA) is 43.4 Å². The van der Waals surface area contributed by atoms with Gasteiger partial charge in [-0.25, -0.2) is 4.98 Å². The monoisotopic (exact) mass is 286 g/mol. The summed E-state index contributed by atoms with van der Waals surface area (Å²) < 4.78 is 11.6. The zero-order chi connectivity index (χ0) is 14.9. The highest BCUT2D eigenvalue weighted by Gasteiger charge is 2.06. The van der Waals surface area contributed by atoms with Gasteiger partial charge in [0.15, 0.2) is 11.5 Å². The molecule has 1 aromatic heterocycles. The first kappa shape index (κ1) is 15.3. The van der Waals surface area contributed by atoms with Crippen LogP contribution in [0.15, 0.2) is 42.6 Å². The molecule has 0 aliphatic carbocycles. The van der Waals surface area contributed by atoms with Crippen LogP contribution in [-0.4, -0.2) is 18.1 Å². The Bertz CT molecular complexity index is 558. The molecule has 0 amide bonds. The second kappa shape index (κ2) is 8.27. The average molecular weight is 286 g/mol. The Hall–Kier alpha value is -2.07. The number of ether oxygens (including phenoxy) is 2. The summed E-state index contributed by atoms with van der Waals surface area (Å²) in [7, 11) is 0. The van der Waals surface area contributed by atoms with Crippen LogP contribution >= 0.6 is 0 Å². The van der Waals surface area contributed by atoms with Gasteiger partial charge in [-0.2, -0.15) is 0 Å². The van der Waals surface area contributed by atoms with E-state index >= 15 is 0 Å². The van der Waals surface area contributed by atoms with Gasteiger partial charge in [-0.3, -0.25) is 0 Å². The van der Waals surface area contributed by atoms with Crippen molar-refractivity contribution in [1.82, 2.24) is 10.3 Å². The van der Waals surface area contributed by atoms with E-state index in [0.29, 0.717) is 18.2 Å². The average Bonchev–Trinajstić information content (AvgIpc) is 2.52. The minimum absolute atomic E-state index is 0.581. The Labute approximate surface area is 126 Å². The van der Waals surface area contributed by atoms with Crippen LogP contribution in [0.1, 0.15) is 25.8 Å². The second-order valence-electron chi connectivity index (χ2n) is 4.68. The van der Waals surface area contributed by atoms with Crippen molar-refractivity contribution in [1.29, 1.82) is 0 Å². The van der Waals surface area contributed by atoms with Crippen molar-refractivity contribution in [2.24, 2.45) is 0 Å². The first-order chi connectivity index (χ1) is 10.3. The molecule has 2 rings (SSSR count). The van der Waals surface area contributed by atoms with E-state index in [1.165, 1.54) is 0 Å². The molecular formula is C17H22N2O2. The van der Waals surface area contributed by atoms with E-state index in [2.05, 4.69) is 24.1 Å². The smallest absolute Gasteiger partial charge is 0.219 e. The molecule has 4 nitrogen and oxygen atoms in total. The Morgan fingerprint density at radius 1 is 1.10 bits per heavy atom. The van der Waals surface area contributed by atoms with Crippen LogP contribution in [0.3, 0.4) is 0 Å². The van der Waals surface area contributed by atoms with E-state index in [-0.39, 0.29) is 0 Å². The largest absolute Gasteiger partial charge is 0.490 e. The summed E-state index contributed by atoms with van der Waals surface area (Å²) >= 11 is 0. The summed E-state index contributed by atoms with van der Waals surface area (Å²) in [6.07, 6.45) is 2.72. The number of rotatable bonds is 8. The molecule has 2 aromatic rings. The van der Waals surface area contributed by atoms with E-state index < -0.39 is 0 Å². The van der Waals surface area contributed by atoms with Gasteiger partial charge in [0.1, 0.15) is 0 Å². The van der Waals surface area contributed by atoms with Crippen LogP contribution in [0.2, 0.25) is 0 Å². The fraction of sp³-hybridized carbons (Fsp3) is 0.353. The molecule has 0 aliphatic rings. The van der Waals surface area contributed by atoms with E-state index in [0.717, 1.165) is 30.8 Å². The molecule has 0 atom stereocenters. The predicted octanol–water partition coefficient (Wildman–Crippen LogP) is 3.77. The highest BCUT2D eigenvalue weighted by atomic mass is 16.5. The normalized spacial score (nSPS) is 10.4. The number of hydrogen-bond acceptors (Lipinski definition) is 4. The first-order valence-corrected chi connectivity index (χ1v) is 7.38. The van der Waals surface area contributed by atoms with Crippen molar-refractivity contribution >= 4 is 0 Å². The minimum atomic E-state index is 0.581. The van der Waals surface area contributed by atoms with Crippen LogP contribution in [0.5, 0.6) is 17.4 Å². The lowest BCUT2D eigenvalue weighted by Gasteiger charge is -2.11. The summed E-state index contributed by atoms with van der Waals surface area (Å²) in [6.45, 7) is 6.58. The number of nitrogens with one attached hydrogen (secondary N) is 1. The number of nitrogens with zero attached hydrogens (tertiary/aromatic N) is 1. The predicted molar refractivity (Wildman–Crippen MR) is 83.9 cm³/mol. The molecule has 0 saturated carbocycles. The highest BCUT2D eigenvalue weighted by molar-refractivity contribution is 5.41. The van der Waals surface area contributed by atoms with Gasteiger partial charge in [-0.15, -0.1) is 0 Å². The van der Waals surface area contributed by atoms with Crippen molar-refractivity contribution in [3.8, 4) is 17.4 Å². The molecule has 21 heavy (non-hydrogen) atoms. The molecule has 0 fully saturated rings. The number of pyridine rings is 1. The molecule has 0 bridgehead atoms. The molecule has 112 valence electrons. The van der Waals surface area contributed by atoms with Crippen LogP contribution in [0.25, 0.3) is 0 Å². The zero-order valence-electron chi connectivity index (χ0n) is 12.6. The lowest BCUT2D eigenvalue weighted by Crippen LogP contribution is -2.11. The van der Waals surface area contributed by atoms with Crippen molar-refractivity contribution < 1.29 is 9.47 Å². The van der Waals surface area contributed by atoms with Gasteiger partial charge in [0, 0.05) is 18.8 Å². The fourth-order valence-corrected chi connectivity index (χ4v) is 1.86. The quantitative estimate of drug-likeness (QED) is 0.802. The van der Waals surface area contributed by atoms with E-state index in [1.54, 1.807) is 6.20 Å². The van der Waals surface area contributed by atoms with Gasteiger partial charge in [0.05, 0.1) is 6.61 Å². The third-order valence-electron chi connectivity index (χ3n) is 2.90. The van der Waals surface area contributed by atoms with Crippen LogP contribution in [0, 0.1) is 0 Å². The maximum atomic E-state index is 5.86. The summed E-state index contributed by atoms with van der Waals surface area (Å²) in [5.41, 5.74) is 1.15. The van der Waals surface area contributed by atoms with E-state index in [4.69, 9.17) is 9.47 Å². The molecule has 1 aromatic carbocycles. The van der Waals surface area contributed by atoms with Gasteiger partial charge in [-0.1, -0.05) is 26.0 Å². The Morgan fingerprint density at radius 2 is 1.90 bits per heavy atom. The summed E-state index contributed by atoms with van der Waals surface area (Å²) in [6, 6.07) is 11.6. The van der Waals surface area contributed by atoms with Crippen molar-refractivity contribution in [2.45, 2.75) is 26.8 Å². The molecule has 0 saturated heterocycles. The van der Waals surface area contributed by atoms with Gasteiger partial charge in [0.25, 0.3) is 0 Å². The van der Waals surface area contributed by atoms with Crippen LogP contribution in [-0.2, 0) is 6.54 Å². The standard InChI is InChI=1S/C17H22N2O2/c1-3-11-20-15-7-5-6-8-16(15)21-17-12-14(9-10-19-17)13-18-4-2/h5-10,12,18H,3-4,11,13H2,1-2H3. The lowest BCUT2D eigenvalue weighted by molar-refractivity contribution is 0.300. The highest BCUT2D eigenvalue weighted by Crippen LogP contribution is 2.30. The summed E-state index contributed by atoms with van der Waals surface area (Å²) in [4.78, 5) is 4.26. The molecule has 0 aliphatic heterocycles. The maximum absolute atomic E-state index is 5.86. The van der Waals surface area contributed by atoms with Crippen molar-refractivity contribution in [3.05, 3.63) is 48.2 Å². The molecular weight excluding hydrogens is 264 g/mol. The third kappa shape index (κ3) is 4.76. The summed E-state index contributed by atoms with van der Waals surface area (Å²) in [5.74, 6) is 2.02. The Balaban J connectivity index is 2.10. The number of para-hydroxylation sites is 2. The maximum Gasteiger partial charge on any atom is 0.219 e. The molecule has 0 unspecified atom stereocenters. The van der Waals surface area contributed by atoms with Crippen LogP contribution < -0.4 is 14.8 Å². The van der Waals surface area contributed by atoms with E-state index in [1.807, 2.05) is 36.4 Å². The Morgan fingerprint density at radius 3 is 2.67 bits per heavy atom. The van der Waals surface area contributed by atoms with Gasteiger partial charge >= 0.3 is 0 Å². The third-order valence-corrected chi connectivity index (χ3v) is 2.90. The minimum Gasteiger partial charge on any atom is -0.490 e. The SMILES string of the molecule is CCCOc1ccccc1Oc1cc(CNCC)ccn1. The number of aromatic nitrogens is 1. The molecule has 4 heteroatoms.